The molecule has 2 fully saturated rings. The molecule has 15 heavy (non-hydrogen) atoms. The van der Waals surface area contributed by atoms with E-state index in [0.717, 1.165) is 12.5 Å². The standard InChI is InChI=1S/C13H26N2/c1-12(2)8-11(12)9-15-10-13(14)6-4-3-5-7-13/h11,15H,3-10,14H2,1-2H3. The minimum atomic E-state index is 0.108. The van der Waals surface area contributed by atoms with Crippen LogP contribution in [0.5, 0.6) is 0 Å². The zero-order chi connectivity index (χ0) is 10.9. The molecule has 0 radical (unpaired) electrons. The second-order valence-corrected chi connectivity index (χ2v) is 6.44. The van der Waals surface area contributed by atoms with Crippen LogP contribution in [0, 0.1) is 11.3 Å². The number of nitrogens with one attached hydrogen (secondary N) is 1. The van der Waals surface area contributed by atoms with E-state index in [2.05, 4.69) is 19.2 Å². The lowest BCUT2D eigenvalue weighted by molar-refractivity contribution is 0.281. The summed E-state index contributed by atoms with van der Waals surface area (Å²) in [4.78, 5) is 0. The van der Waals surface area contributed by atoms with Gasteiger partial charge in [0.1, 0.15) is 0 Å². The van der Waals surface area contributed by atoms with Crippen LogP contribution in [0.15, 0.2) is 0 Å². The van der Waals surface area contributed by atoms with E-state index in [9.17, 15) is 0 Å². The predicted molar refractivity (Wildman–Crippen MR) is 64.8 cm³/mol. The normalized spacial score (nSPS) is 32.6. The van der Waals surface area contributed by atoms with Crippen LogP contribution in [-0.4, -0.2) is 18.6 Å². The predicted octanol–water partition coefficient (Wildman–Crippen LogP) is 2.28. The molecule has 2 rings (SSSR count). The topological polar surface area (TPSA) is 38.0 Å². The Labute approximate surface area is 94.0 Å². The number of rotatable bonds is 4. The Kier molecular flexibility index (Phi) is 3.09. The van der Waals surface area contributed by atoms with E-state index in [0.29, 0.717) is 5.41 Å². The van der Waals surface area contributed by atoms with Gasteiger partial charge in [0.2, 0.25) is 0 Å². The van der Waals surface area contributed by atoms with E-state index in [1.165, 1.54) is 45.1 Å². The quantitative estimate of drug-likeness (QED) is 0.747. The lowest BCUT2D eigenvalue weighted by Gasteiger charge is -2.33. The molecule has 2 heteroatoms. The van der Waals surface area contributed by atoms with Crippen molar-refractivity contribution in [3.63, 3.8) is 0 Å². The molecular formula is C13H26N2. The molecule has 3 N–H and O–H groups in total. The fraction of sp³-hybridized carbons (Fsp3) is 1.00. The molecule has 1 atom stereocenters. The van der Waals surface area contributed by atoms with Gasteiger partial charge in [-0.25, -0.2) is 0 Å². The van der Waals surface area contributed by atoms with Crippen molar-refractivity contribution in [1.82, 2.24) is 5.32 Å². The van der Waals surface area contributed by atoms with Crippen LogP contribution in [0.2, 0.25) is 0 Å². The average Bonchev–Trinajstić information content (AvgIpc) is 2.75. The Morgan fingerprint density at radius 3 is 2.33 bits per heavy atom. The summed E-state index contributed by atoms with van der Waals surface area (Å²) in [5.74, 6) is 0.893. The molecule has 2 aliphatic carbocycles. The van der Waals surface area contributed by atoms with E-state index in [1.807, 2.05) is 0 Å². The number of nitrogens with two attached hydrogens (primary N) is 1. The first-order valence-electron chi connectivity index (χ1n) is 6.52. The third kappa shape index (κ3) is 2.94. The van der Waals surface area contributed by atoms with Gasteiger partial charge in [0.05, 0.1) is 0 Å². The minimum Gasteiger partial charge on any atom is -0.324 e. The third-order valence-electron chi connectivity index (χ3n) is 4.43. The highest BCUT2D eigenvalue weighted by Gasteiger charge is 2.45. The van der Waals surface area contributed by atoms with Crippen LogP contribution in [0.1, 0.15) is 52.4 Å². The Morgan fingerprint density at radius 2 is 1.80 bits per heavy atom. The first-order chi connectivity index (χ1) is 7.02. The fourth-order valence-corrected chi connectivity index (χ4v) is 2.85. The molecule has 0 aromatic rings. The van der Waals surface area contributed by atoms with Crippen molar-refractivity contribution >= 4 is 0 Å². The molecule has 0 amide bonds. The van der Waals surface area contributed by atoms with Gasteiger partial charge in [-0.15, -0.1) is 0 Å². The van der Waals surface area contributed by atoms with Gasteiger partial charge in [-0.1, -0.05) is 33.1 Å². The third-order valence-corrected chi connectivity index (χ3v) is 4.43. The molecule has 0 aromatic carbocycles. The van der Waals surface area contributed by atoms with Gasteiger partial charge >= 0.3 is 0 Å². The molecule has 2 saturated carbocycles. The van der Waals surface area contributed by atoms with Crippen LogP contribution in [0.3, 0.4) is 0 Å². The van der Waals surface area contributed by atoms with Gasteiger partial charge < -0.3 is 11.1 Å². The molecule has 0 aliphatic heterocycles. The molecule has 0 aromatic heterocycles. The van der Waals surface area contributed by atoms with Crippen LogP contribution in [-0.2, 0) is 0 Å². The van der Waals surface area contributed by atoms with E-state index in [4.69, 9.17) is 5.73 Å². The Balaban J connectivity index is 1.65. The smallest absolute Gasteiger partial charge is 0.0280 e. The SMILES string of the molecule is CC1(C)CC1CNCC1(N)CCCCC1. The number of hydrogen-bond acceptors (Lipinski definition) is 2. The molecule has 1 unspecified atom stereocenters. The van der Waals surface area contributed by atoms with Gasteiger partial charge in [-0.2, -0.15) is 0 Å². The molecule has 2 nitrogen and oxygen atoms in total. The van der Waals surface area contributed by atoms with E-state index in [-0.39, 0.29) is 5.54 Å². The molecule has 88 valence electrons. The zero-order valence-corrected chi connectivity index (χ0v) is 10.3. The highest BCUT2D eigenvalue weighted by atomic mass is 14.9. The highest BCUT2D eigenvalue weighted by Crippen LogP contribution is 2.51. The molecular weight excluding hydrogens is 184 g/mol. The summed E-state index contributed by atoms with van der Waals surface area (Å²) in [7, 11) is 0. The molecule has 0 bridgehead atoms. The van der Waals surface area contributed by atoms with Gasteiger partial charge in [0.25, 0.3) is 0 Å². The average molecular weight is 210 g/mol. The van der Waals surface area contributed by atoms with Crippen molar-refractivity contribution < 1.29 is 0 Å². The summed E-state index contributed by atoms with van der Waals surface area (Å²) < 4.78 is 0. The minimum absolute atomic E-state index is 0.108. The maximum Gasteiger partial charge on any atom is 0.0280 e. The molecule has 0 spiro atoms. The van der Waals surface area contributed by atoms with Crippen molar-refractivity contribution in [1.29, 1.82) is 0 Å². The maximum atomic E-state index is 6.37. The second kappa shape index (κ2) is 4.06. The fourth-order valence-electron chi connectivity index (χ4n) is 2.85. The van der Waals surface area contributed by atoms with Crippen molar-refractivity contribution in [2.75, 3.05) is 13.1 Å². The van der Waals surface area contributed by atoms with Crippen molar-refractivity contribution in [2.24, 2.45) is 17.1 Å². The zero-order valence-electron chi connectivity index (χ0n) is 10.3. The Bertz CT molecular complexity index is 217. The summed E-state index contributed by atoms with van der Waals surface area (Å²) in [6.07, 6.45) is 7.86. The van der Waals surface area contributed by atoms with E-state index >= 15 is 0 Å². The van der Waals surface area contributed by atoms with Crippen LogP contribution < -0.4 is 11.1 Å². The van der Waals surface area contributed by atoms with Gasteiger partial charge in [-0.3, -0.25) is 0 Å². The molecule has 0 heterocycles. The van der Waals surface area contributed by atoms with Gasteiger partial charge in [-0.05, 0) is 37.1 Å². The Hall–Kier alpha value is -0.0800. The number of hydrogen-bond donors (Lipinski definition) is 2. The lowest BCUT2D eigenvalue weighted by Crippen LogP contribution is -2.50. The van der Waals surface area contributed by atoms with Gasteiger partial charge in [0.15, 0.2) is 0 Å². The van der Waals surface area contributed by atoms with E-state index in [1.54, 1.807) is 0 Å². The van der Waals surface area contributed by atoms with Crippen LogP contribution >= 0.6 is 0 Å². The second-order valence-electron chi connectivity index (χ2n) is 6.44. The first kappa shape index (κ1) is 11.4. The van der Waals surface area contributed by atoms with Crippen molar-refractivity contribution in [3.8, 4) is 0 Å². The molecule has 0 saturated heterocycles. The monoisotopic (exact) mass is 210 g/mol. The summed E-state index contributed by atoms with van der Waals surface area (Å²) in [6, 6.07) is 0. The lowest BCUT2D eigenvalue weighted by atomic mass is 9.82. The highest BCUT2D eigenvalue weighted by molar-refractivity contribution is 4.97. The Morgan fingerprint density at radius 1 is 1.20 bits per heavy atom. The summed E-state index contributed by atoms with van der Waals surface area (Å²) in [5.41, 5.74) is 7.08. The van der Waals surface area contributed by atoms with Crippen LogP contribution in [0.25, 0.3) is 0 Å². The summed E-state index contributed by atoms with van der Waals surface area (Å²) in [5, 5.41) is 3.59. The van der Waals surface area contributed by atoms with Crippen molar-refractivity contribution in [2.45, 2.75) is 57.9 Å². The summed E-state index contributed by atoms with van der Waals surface area (Å²) >= 11 is 0. The largest absolute Gasteiger partial charge is 0.324 e. The maximum absolute atomic E-state index is 6.37. The molecule has 2 aliphatic rings. The van der Waals surface area contributed by atoms with E-state index < -0.39 is 0 Å². The van der Waals surface area contributed by atoms with Gasteiger partial charge in [0, 0.05) is 12.1 Å². The summed E-state index contributed by atoms with van der Waals surface area (Å²) in [6.45, 7) is 6.92. The van der Waals surface area contributed by atoms with Crippen LogP contribution in [0.4, 0.5) is 0 Å². The van der Waals surface area contributed by atoms with Crippen molar-refractivity contribution in [3.05, 3.63) is 0 Å². The first-order valence-corrected chi connectivity index (χ1v) is 6.52.